The number of benzene rings is 2. The van der Waals surface area contributed by atoms with Crippen molar-refractivity contribution in [1.29, 1.82) is 0 Å². The zero-order valence-electron chi connectivity index (χ0n) is 16.1. The maximum atomic E-state index is 12.7. The molecule has 28 heavy (non-hydrogen) atoms. The standard InChI is InChI=1S/C20H22O7S/c1-13(2)26-19(21)12-25-20(22)16-7-5-6-8-17(16)27-28(23,24)18-11-14(3)9-10-15(18)4/h5-11,13H,12H2,1-4H3. The van der Waals surface area contributed by atoms with Crippen LogP contribution in [-0.4, -0.2) is 33.1 Å². The van der Waals surface area contributed by atoms with Gasteiger partial charge in [0.15, 0.2) is 12.4 Å². The first-order valence-corrected chi connectivity index (χ1v) is 9.98. The van der Waals surface area contributed by atoms with Crippen molar-refractivity contribution in [3.8, 4) is 5.75 Å². The van der Waals surface area contributed by atoms with Gasteiger partial charge in [-0.15, -0.1) is 0 Å². The summed E-state index contributed by atoms with van der Waals surface area (Å²) in [6.07, 6.45) is -0.343. The maximum Gasteiger partial charge on any atom is 0.344 e. The molecule has 0 amide bonds. The Morgan fingerprint density at radius 3 is 2.39 bits per heavy atom. The topological polar surface area (TPSA) is 96.0 Å². The number of aryl methyl sites for hydroxylation is 2. The number of carbonyl (C=O) groups is 2. The quantitative estimate of drug-likeness (QED) is 0.515. The average molecular weight is 406 g/mol. The van der Waals surface area contributed by atoms with E-state index in [4.69, 9.17) is 13.7 Å². The average Bonchev–Trinajstić information content (AvgIpc) is 2.61. The van der Waals surface area contributed by atoms with Gasteiger partial charge in [-0.3, -0.25) is 0 Å². The summed E-state index contributed by atoms with van der Waals surface area (Å²) in [5.74, 6) is -1.79. The van der Waals surface area contributed by atoms with E-state index in [1.807, 2.05) is 0 Å². The van der Waals surface area contributed by atoms with Crippen LogP contribution >= 0.6 is 0 Å². The molecule has 0 heterocycles. The third kappa shape index (κ3) is 5.56. The van der Waals surface area contributed by atoms with Crippen LogP contribution in [0.3, 0.4) is 0 Å². The Balaban J connectivity index is 2.23. The highest BCUT2D eigenvalue weighted by Crippen LogP contribution is 2.26. The lowest BCUT2D eigenvalue weighted by atomic mass is 10.2. The molecular formula is C20H22O7S. The van der Waals surface area contributed by atoms with Crippen LogP contribution in [0.5, 0.6) is 5.75 Å². The van der Waals surface area contributed by atoms with Crippen molar-refractivity contribution in [2.24, 2.45) is 0 Å². The first-order chi connectivity index (χ1) is 13.1. The van der Waals surface area contributed by atoms with Gasteiger partial charge in [-0.2, -0.15) is 8.42 Å². The number of para-hydroxylation sites is 1. The molecule has 2 aromatic rings. The second kappa shape index (κ2) is 8.88. The SMILES string of the molecule is Cc1ccc(C)c(S(=O)(=O)Oc2ccccc2C(=O)OCC(=O)OC(C)C)c1. The molecule has 0 unspecified atom stereocenters. The molecule has 0 spiro atoms. The van der Waals surface area contributed by atoms with Crippen LogP contribution in [0, 0.1) is 13.8 Å². The summed E-state index contributed by atoms with van der Waals surface area (Å²) in [5, 5.41) is 0. The van der Waals surface area contributed by atoms with Gasteiger partial charge < -0.3 is 13.7 Å². The smallest absolute Gasteiger partial charge is 0.344 e. The Labute approximate surface area is 164 Å². The van der Waals surface area contributed by atoms with E-state index in [2.05, 4.69) is 0 Å². The van der Waals surface area contributed by atoms with Gasteiger partial charge in [0.05, 0.1) is 6.10 Å². The monoisotopic (exact) mass is 406 g/mol. The summed E-state index contributed by atoms with van der Waals surface area (Å²) in [6, 6.07) is 10.7. The van der Waals surface area contributed by atoms with Crippen molar-refractivity contribution >= 4 is 22.1 Å². The summed E-state index contributed by atoms with van der Waals surface area (Å²) < 4.78 is 40.4. The van der Waals surface area contributed by atoms with E-state index in [1.54, 1.807) is 39.8 Å². The number of esters is 2. The van der Waals surface area contributed by atoms with E-state index in [0.717, 1.165) is 5.56 Å². The number of carbonyl (C=O) groups excluding carboxylic acids is 2. The summed E-state index contributed by atoms with van der Waals surface area (Å²) in [7, 11) is -4.17. The van der Waals surface area contributed by atoms with Crippen molar-refractivity contribution in [3.63, 3.8) is 0 Å². The minimum atomic E-state index is -4.17. The molecule has 2 rings (SSSR count). The fraction of sp³-hybridized carbons (Fsp3) is 0.300. The molecule has 0 fully saturated rings. The van der Waals surface area contributed by atoms with Gasteiger partial charge in [0.25, 0.3) is 0 Å². The highest BCUT2D eigenvalue weighted by atomic mass is 32.2. The van der Waals surface area contributed by atoms with Crippen molar-refractivity contribution in [3.05, 3.63) is 59.2 Å². The van der Waals surface area contributed by atoms with E-state index in [-0.39, 0.29) is 22.3 Å². The van der Waals surface area contributed by atoms with Crippen LogP contribution in [0.25, 0.3) is 0 Å². The lowest BCUT2D eigenvalue weighted by molar-refractivity contribution is -0.150. The third-order valence-electron chi connectivity index (χ3n) is 3.61. The molecule has 8 heteroatoms. The number of hydrogen-bond donors (Lipinski definition) is 0. The van der Waals surface area contributed by atoms with Crippen LogP contribution < -0.4 is 4.18 Å². The van der Waals surface area contributed by atoms with Gasteiger partial charge in [-0.25, -0.2) is 9.59 Å². The Morgan fingerprint density at radius 2 is 1.71 bits per heavy atom. The normalized spacial score (nSPS) is 11.2. The molecule has 7 nitrogen and oxygen atoms in total. The molecule has 150 valence electrons. The fourth-order valence-electron chi connectivity index (χ4n) is 2.35. The van der Waals surface area contributed by atoms with Gasteiger partial charge in [-0.05, 0) is 57.0 Å². The molecule has 0 saturated carbocycles. The highest BCUT2D eigenvalue weighted by molar-refractivity contribution is 7.87. The van der Waals surface area contributed by atoms with Crippen LogP contribution in [0.2, 0.25) is 0 Å². The summed E-state index contributed by atoms with van der Waals surface area (Å²) in [4.78, 5) is 23.8. The van der Waals surface area contributed by atoms with E-state index >= 15 is 0 Å². The molecule has 0 aliphatic heterocycles. The second-order valence-electron chi connectivity index (χ2n) is 6.42. The van der Waals surface area contributed by atoms with E-state index in [0.29, 0.717) is 5.56 Å². The molecule has 0 radical (unpaired) electrons. The van der Waals surface area contributed by atoms with Crippen LogP contribution in [0.1, 0.15) is 35.3 Å². The Morgan fingerprint density at radius 1 is 1.04 bits per heavy atom. The van der Waals surface area contributed by atoms with Crippen LogP contribution in [0.15, 0.2) is 47.4 Å². The first-order valence-electron chi connectivity index (χ1n) is 8.57. The lowest BCUT2D eigenvalue weighted by Gasteiger charge is -2.13. The number of hydrogen-bond acceptors (Lipinski definition) is 7. The zero-order chi connectivity index (χ0) is 20.9. The van der Waals surface area contributed by atoms with Gasteiger partial charge >= 0.3 is 22.1 Å². The summed E-state index contributed by atoms with van der Waals surface area (Å²) >= 11 is 0. The second-order valence-corrected chi connectivity index (χ2v) is 7.93. The Kier molecular flexibility index (Phi) is 6.80. The number of rotatable bonds is 7. The van der Waals surface area contributed by atoms with Crippen molar-refractivity contribution in [1.82, 2.24) is 0 Å². The first kappa shape index (κ1) is 21.4. The van der Waals surface area contributed by atoms with Gasteiger partial charge in [-0.1, -0.05) is 24.3 Å². The fourth-order valence-corrected chi connectivity index (χ4v) is 3.61. The largest absolute Gasteiger partial charge is 0.460 e. The molecule has 0 aliphatic carbocycles. The number of ether oxygens (including phenoxy) is 2. The van der Waals surface area contributed by atoms with Gasteiger partial charge in [0.1, 0.15) is 10.5 Å². The third-order valence-corrected chi connectivity index (χ3v) is 4.99. The Hall–Kier alpha value is -2.87. The van der Waals surface area contributed by atoms with Gasteiger partial charge in [0, 0.05) is 0 Å². The molecule has 2 aromatic carbocycles. The van der Waals surface area contributed by atoms with Crippen molar-refractivity contribution in [2.45, 2.75) is 38.7 Å². The predicted molar refractivity (Wildman–Crippen MR) is 102 cm³/mol. The Bertz CT molecular complexity index is 978. The van der Waals surface area contributed by atoms with E-state index in [1.165, 1.54) is 30.3 Å². The highest BCUT2D eigenvalue weighted by Gasteiger charge is 2.24. The zero-order valence-corrected chi connectivity index (χ0v) is 16.9. The molecular weight excluding hydrogens is 384 g/mol. The minimum absolute atomic E-state index is 0.0104. The van der Waals surface area contributed by atoms with Crippen LogP contribution in [0.4, 0.5) is 0 Å². The molecule has 0 aliphatic rings. The summed E-state index contributed by atoms with van der Waals surface area (Å²) in [5.41, 5.74) is 1.15. The molecule has 0 saturated heterocycles. The minimum Gasteiger partial charge on any atom is -0.460 e. The molecule has 0 N–H and O–H groups in total. The predicted octanol–water partition coefficient (Wildman–Crippen LogP) is 3.18. The molecule has 0 bridgehead atoms. The van der Waals surface area contributed by atoms with E-state index in [9.17, 15) is 18.0 Å². The van der Waals surface area contributed by atoms with Crippen LogP contribution in [-0.2, 0) is 24.4 Å². The molecule has 0 aromatic heterocycles. The lowest BCUT2D eigenvalue weighted by Crippen LogP contribution is -2.20. The van der Waals surface area contributed by atoms with Crippen molar-refractivity contribution < 1.29 is 31.7 Å². The van der Waals surface area contributed by atoms with Crippen molar-refractivity contribution in [2.75, 3.05) is 6.61 Å². The van der Waals surface area contributed by atoms with Gasteiger partial charge in [0.2, 0.25) is 0 Å². The van der Waals surface area contributed by atoms with E-state index < -0.39 is 28.7 Å². The summed E-state index contributed by atoms with van der Waals surface area (Å²) in [6.45, 7) is 6.16. The molecule has 0 atom stereocenters. The maximum absolute atomic E-state index is 12.7.